The zero-order valence-corrected chi connectivity index (χ0v) is 13.8. The molecule has 118 valence electrons. The minimum Gasteiger partial charge on any atom is -0.494 e. The zero-order valence-electron chi connectivity index (χ0n) is 13.8. The van der Waals surface area contributed by atoms with E-state index in [0.29, 0.717) is 0 Å². The van der Waals surface area contributed by atoms with Crippen LogP contribution in [0.3, 0.4) is 0 Å². The number of hydrogen-bond donors (Lipinski definition) is 1. The molecular weight excluding hydrogens is 260 g/mol. The summed E-state index contributed by atoms with van der Waals surface area (Å²) in [7, 11) is 0. The fourth-order valence-electron chi connectivity index (χ4n) is 2.98. The summed E-state index contributed by atoms with van der Waals surface area (Å²) in [5.41, 5.74) is 2.63. The van der Waals surface area contributed by atoms with Crippen molar-refractivity contribution >= 4 is 0 Å². The van der Waals surface area contributed by atoms with Crippen molar-refractivity contribution < 1.29 is 4.74 Å². The standard InChI is InChI=1S/C18H30N2O/c1-4-10-20(17-8-9-19-14-17)11-5-12-21-18-7-6-15(2)16(3)13-18/h6-7,13,17,19H,4-5,8-12,14H2,1-3H3. The lowest BCUT2D eigenvalue weighted by Gasteiger charge is -2.27. The maximum Gasteiger partial charge on any atom is 0.119 e. The van der Waals surface area contributed by atoms with Gasteiger partial charge in [-0.3, -0.25) is 4.90 Å². The maximum absolute atomic E-state index is 5.89. The summed E-state index contributed by atoms with van der Waals surface area (Å²) in [5.74, 6) is 1.00. The molecule has 1 aliphatic heterocycles. The van der Waals surface area contributed by atoms with Crippen LogP contribution in [0.25, 0.3) is 0 Å². The second-order valence-corrected chi connectivity index (χ2v) is 6.13. The van der Waals surface area contributed by atoms with Crippen LogP contribution in [0.2, 0.25) is 0 Å². The van der Waals surface area contributed by atoms with Gasteiger partial charge >= 0.3 is 0 Å². The molecule has 1 saturated heterocycles. The van der Waals surface area contributed by atoms with Crippen LogP contribution in [0, 0.1) is 13.8 Å². The van der Waals surface area contributed by atoms with Crippen LogP contribution < -0.4 is 10.1 Å². The van der Waals surface area contributed by atoms with E-state index in [1.54, 1.807) is 0 Å². The van der Waals surface area contributed by atoms with Gasteiger partial charge in [-0.25, -0.2) is 0 Å². The molecule has 1 aromatic carbocycles. The Bertz CT molecular complexity index is 427. The van der Waals surface area contributed by atoms with Crippen molar-refractivity contribution in [3.63, 3.8) is 0 Å². The van der Waals surface area contributed by atoms with E-state index in [-0.39, 0.29) is 0 Å². The summed E-state index contributed by atoms with van der Waals surface area (Å²) in [5, 5.41) is 3.47. The van der Waals surface area contributed by atoms with Crippen molar-refractivity contribution in [3.8, 4) is 5.75 Å². The Labute approximate surface area is 129 Å². The SMILES string of the molecule is CCCN(CCCOc1ccc(C)c(C)c1)C1CCNC1. The summed E-state index contributed by atoms with van der Waals surface area (Å²) in [6, 6.07) is 7.08. The highest BCUT2D eigenvalue weighted by Gasteiger charge is 2.20. The fourth-order valence-corrected chi connectivity index (χ4v) is 2.98. The summed E-state index contributed by atoms with van der Waals surface area (Å²) in [6.07, 6.45) is 3.62. The Hall–Kier alpha value is -1.06. The van der Waals surface area contributed by atoms with Gasteiger partial charge in [-0.15, -0.1) is 0 Å². The van der Waals surface area contributed by atoms with Crippen molar-refractivity contribution in [3.05, 3.63) is 29.3 Å². The number of nitrogens with zero attached hydrogens (tertiary/aromatic N) is 1. The second-order valence-electron chi connectivity index (χ2n) is 6.13. The predicted octanol–water partition coefficient (Wildman–Crippen LogP) is 3.15. The second kappa shape index (κ2) is 8.40. The van der Waals surface area contributed by atoms with E-state index in [9.17, 15) is 0 Å². The van der Waals surface area contributed by atoms with E-state index < -0.39 is 0 Å². The minimum atomic E-state index is 0.728. The highest BCUT2D eigenvalue weighted by atomic mass is 16.5. The molecule has 21 heavy (non-hydrogen) atoms. The van der Waals surface area contributed by atoms with Gasteiger partial charge in [-0.2, -0.15) is 0 Å². The van der Waals surface area contributed by atoms with Gasteiger partial charge in [-0.05, 0) is 69.5 Å². The molecule has 1 fully saturated rings. The van der Waals surface area contributed by atoms with Crippen LogP contribution in [-0.4, -0.2) is 43.7 Å². The maximum atomic E-state index is 5.89. The lowest BCUT2D eigenvalue weighted by atomic mass is 10.1. The quantitative estimate of drug-likeness (QED) is 0.744. The number of aryl methyl sites for hydroxylation is 2. The Morgan fingerprint density at radius 1 is 1.24 bits per heavy atom. The normalized spacial score (nSPS) is 18.4. The molecule has 1 N–H and O–H groups in total. The molecule has 0 bridgehead atoms. The monoisotopic (exact) mass is 290 g/mol. The predicted molar refractivity (Wildman–Crippen MR) is 89.2 cm³/mol. The van der Waals surface area contributed by atoms with Crippen LogP contribution in [0.5, 0.6) is 5.75 Å². The molecule has 0 aliphatic carbocycles. The Morgan fingerprint density at radius 2 is 2.10 bits per heavy atom. The molecule has 0 amide bonds. The first-order valence-electron chi connectivity index (χ1n) is 8.35. The smallest absolute Gasteiger partial charge is 0.119 e. The number of rotatable bonds is 8. The van der Waals surface area contributed by atoms with Crippen molar-refractivity contribution in [2.75, 3.05) is 32.8 Å². The molecule has 1 heterocycles. The lowest BCUT2D eigenvalue weighted by molar-refractivity contribution is 0.188. The van der Waals surface area contributed by atoms with Gasteiger partial charge in [0, 0.05) is 19.1 Å². The van der Waals surface area contributed by atoms with E-state index in [1.165, 1.54) is 37.1 Å². The van der Waals surface area contributed by atoms with Gasteiger partial charge in [0.05, 0.1) is 6.61 Å². The first-order chi connectivity index (χ1) is 10.2. The zero-order chi connectivity index (χ0) is 15.1. The minimum absolute atomic E-state index is 0.728. The number of ether oxygens (including phenoxy) is 1. The van der Waals surface area contributed by atoms with Gasteiger partial charge in [0.1, 0.15) is 5.75 Å². The van der Waals surface area contributed by atoms with E-state index in [4.69, 9.17) is 4.74 Å². The van der Waals surface area contributed by atoms with Gasteiger partial charge in [0.15, 0.2) is 0 Å². The molecule has 1 atom stereocenters. The van der Waals surface area contributed by atoms with Gasteiger partial charge in [-0.1, -0.05) is 13.0 Å². The van der Waals surface area contributed by atoms with E-state index in [2.05, 4.69) is 49.2 Å². The third-order valence-corrected chi connectivity index (χ3v) is 4.40. The summed E-state index contributed by atoms with van der Waals surface area (Å²) in [4.78, 5) is 2.63. The molecular formula is C18H30N2O. The highest BCUT2D eigenvalue weighted by molar-refractivity contribution is 5.33. The topological polar surface area (TPSA) is 24.5 Å². The van der Waals surface area contributed by atoms with Crippen LogP contribution in [0.1, 0.15) is 37.3 Å². The molecule has 3 nitrogen and oxygen atoms in total. The fraction of sp³-hybridized carbons (Fsp3) is 0.667. The first kappa shape index (κ1) is 16.3. The van der Waals surface area contributed by atoms with E-state index in [1.807, 2.05) is 0 Å². The molecule has 1 unspecified atom stereocenters. The average Bonchev–Trinajstić information content (AvgIpc) is 3.00. The molecule has 1 aliphatic rings. The average molecular weight is 290 g/mol. The Balaban J connectivity index is 1.72. The molecule has 0 aromatic heterocycles. The highest BCUT2D eigenvalue weighted by Crippen LogP contribution is 2.17. The molecule has 0 radical (unpaired) electrons. The number of benzene rings is 1. The third-order valence-electron chi connectivity index (χ3n) is 4.40. The van der Waals surface area contributed by atoms with Crippen molar-refractivity contribution in [2.24, 2.45) is 0 Å². The third kappa shape index (κ3) is 5.01. The van der Waals surface area contributed by atoms with Gasteiger partial charge in [0.25, 0.3) is 0 Å². The Kier molecular flexibility index (Phi) is 6.52. The number of hydrogen-bond acceptors (Lipinski definition) is 3. The summed E-state index contributed by atoms with van der Waals surface area (Å²) < 4.78 is 5.89. The van der Waals surface area contributed by atoms with Crippen molar-refractivity contribution in [1.29, 1.82) is 0 Å². The molecule has 2 rings (SSSR count). The van der Waals surface area contributed by atoms with Crippen molar-refractivity contribution in [1.82, 2.24) is 10.2 Å². The van der Waals surface area contributed by atoms with Gasteiger partial charge in [0.2, 0.25) is 0 Å². The molecule has 0 spiro atoms. The molecule has 0 saturated carbocycles. The Morgan fingerprint density at radius 3 is 2.76 bits per heavy atom. The van der Waals surface area contributed by atoms with Crippen LogP contribution >= 0.6 is 0 Å². The van der Waals surface area contributed by atoms with Crippen LogP contribution in [-0.2, 0) is 0 Å². The van der Waals surface area contributed by atoms with Crippen LogP contribution in [0.15, 0.2) is 18.2 Å². The van der Waals surface area contributed by atoms with E-state index >= 15 is 0 Å². The lowest BCUT2D eigenvalue weighted by Crippen LogP contribution is -2.38. The first-order valence-corrected chi connectivity index (χ1v) is 8.35. The molecule has 1 aromatic rings. The van der Waals surface area contributed by atoms with E-state index in [0.717, 1.165) is 37.9 Å². The van der Waals surface area contributed by atoms with Crippen molar-refractivity contribution in [2.45, 2.75) is 46.1 Å². The van der Waals surface area contributed by atoms with Crippen LogP contribution in [0.4, 0.5) is 0 Å². The number of nitrogens with one attached hydrogen (secondary N) is 1. The molecule has 3 heteroatoms. The van der Waals surface area contributed by atoms with Gasteiger partial charge < -0.3 is 10.1 Å². The summed E-state index contributed by atoms with van der Waals surface area (Å²) >= 11 is 0. The largest absolute Gasteiger partial charge is 0.494 e. The summed E-state index contributed by atoms with van der Waals surface area (Å²) in [6.45, 7) is 12.0.